The minimum absolute atomic E-state index is 1.20. The van der Waals surface area contributed by atoms with E-state index in [4.69, 9.17) is 0 Å². The second kappa shape index (κ2) is 2.50. The topological polar surface area (TPSA) is 25.8 Å². The summed E-state index contributed by atoms with van der Waals surface area (Å²) in [4.78, 5) is 0. The smallest absolute Gasteiger partial charge is 0.0675 e. The van der Waals surface area contributed by atoms with Crippen molar-refractivity contribution in [1.82, 2.24) is 10.2 Å². The van der Waals surface area contributed by atoms with Crippen LogP contribution in [0, 0.1) is 0 Å². The van der Waals surface area contributed by atoms with Crippen LogP contribution in [-0.4, -0.2) is 10.2 Å². The third kappa shape index (κ3) is 0.939. The SMILES string of the molecule is c1ccc2c(c1)sc1cnncc12. The molecule has 62 valence electrons. The molecular weight excluding hydrogens is 180 g/mol. The molecule has 0 radical (unpaired) electrons. The summed E-state index contributed by atoms with van der Waals surface area (Å²) in [6.07, 6.45) is 3.65. The number of nitrogens with zero attached hydrogens (tertiary/aromatic N) is 2. The first-order valence-corrected chi connectivity index (χ1v) is 4.85. The predicted octanol–water partition coefficient (Wildman–Crippen LogP) is 2.84. The van der Waals surface area contributed by atoms with Crippen molar-refractivity contribution >= 4 is 31.5 Å². The third-order valence-corrected chi connectivity index (χ3v) is 3.21. The Kier molecular flexibility index (Phi) is 1.34. The summed E-state index contributed by atoms with van der Waals surface area (Å²) in [7, 11) is 0. The van der Waals surface area contributed by atoms with Crippen LogP contribution in [0.5, 0.6) is 0 Å². The summed E-state index contributed by atoms with van der Waals surface area (Å²) >= 11 is 1.76. The molecule has 0 atom stereocenters. The van der Waals surface area contributed by atoms with Crippen molar-refractivity contribution in [2.24, 2.45) is 0 Å². The predicted molar refractivity (Wildman–Crippen MR) is 54.9 cm³/mol. The van der Waals surface area contributed by atoms with Crippen molar-refractivity contribution in [1.29, 1.82) is 0 Å². The maximum absolute atomic E-state index is 3.89. The van der Waals surface area contributed by atoms with E-state index in [9.17, 15) is 0 Å². The average molecular weight is 186 g/mol. The summed E-state index contributed by atoms with van der Waals surface area (Å²) in [6.45, 7) is 0. The van der Waals surface area contributed by atoms with E-state index in [1.807, 2.05) is 12.4 Å². The van der Waals surface area contributed by atoms with Crippen LogP contribution in [0.3, 0.4) is 0 Å². The zero-order chi connectivity index (χ0) is 8.67. The van der Waals surface area contributed by atoms with Gasteiger partial charge in [0.2, 0.25) is 0 Å². The molecule has 0 unspecified atom stereocenters. The van der Waals surface area contributed by atoms with E-state index in [1.54, 1.807) is 11.3 Å². The lowest BCUT2D eigenvalue weighted by Crippen LogP contribution is -1.74. The molecule has 3 rings (SSSR count). The van der Waals surface area contributed by atoms with E-state index in [0.29, 0.717) is 0 Å². The average Bonchev–Trinajstić information content (AvgIpc) is 2.56. The maximum atomic E-state index is 3.89. The Hall–Kier alpha value is -1.48. The molecule has 0 spiro atoms. The molecule has 2 aromatic heterocycles. The third-order valence-electron chi connectivity index (χ3n) is 2.09. The van der Waals surface area contributed by atoms with E-state index in [1.165, 1.54) is 20.2 Å². The molecule has 2 nitrogen and oxygen atoms in total. The van der Waals surface area contributed by atoms with Crippen LogP contribution in [0.1, 0.15) is 0 Å². The Morgan fingerprint density at radius 3 is 2.69 bits per heavy atom. The number of fused-ring (bicyclic) bond motifs is 3. The summed E-state index contributed by atoms with van der Waals surface area (Å²) in [6, 6.07) is 8.35. The van der Waals surface area contributed by atoms with Gasteiger partial charge in [0, 0.05) is 15.5 Å². The van der Waals surface area contributed by atoms with Gasteiger partial charge in [0.25, 0.3) is 0 Å². The Labute approximate surface area is 78.8 Å². The van der Waals surface area contributed by atoms with E-state index in [0.717, 1.165) is 0 Å². The van der Waals surface area contributed by atoms with Gasteiger partial charge in [-0.15, -0.1) is 11.3 Å². The minimum Gasteiger partial charge on any atom is -0.158 e. The Bertz CT molecular complexity index is 521. The van der Waals surface area contributed by atoms with Gasteiger partial charge < -0.3 is 0 Å². The van der Waals surface area contributed by atoms with Crippen LogP contribution in [-0.2, 0) is 0 Å². The van der Waals surface area contributed by atoms with Gasteiger partial charge in [0.1, 0.15) is 0 Å². The second-order valence-corrected chi connectivity index (χ2v) is 3.95. The van der Waals surface area contributed by atoms with Crippen LogP contribution in [0.25, 0.3) is 20.2 Å². The fraction of sp³-hybridized carbons (Fsp3) is 0. The molecule has 1 aromatic carbocycles. The Balaban J connectivity index is 2.64. The summed E-state index contributed by atoms with van der Waals surface area (Å²) in [5.41, 5.74) is 0. The molecule has 3 heteroatoms. The normalized spacial score (nSPS) is 11.1. The van der Waals surface area contributed by atoms with Crippen LogP contribution < -0.4 is 0 Å². The first-order chi connectivity index (χ1) is 6.45. The molecule has 13 heavy (non-hydrogen) atoms. The second-order valence-electron chi connectivity index (χ2n) is 2.87. The quantitative estimate of drug-likeness (QED) is 0.539. The summed E-state index contributed by atoms with van der Waals surface area (Å²) in [5, 5.41) is 10.2. The van der Waals surface area contributed by atoms with E-state index >= 15 is 0 Å². The molecule has 0 fully saturated rings. The monoisotopic (exact) mass is 186 g/mol. The van der Waals surface area contributed by atoms with Crippen LogP contribution in [0.2, 0.25) is 0 Å². The lowest BCUT2D eigenvalue weighted by molar-refractivity contribution is 1.05. The molecule has 0 N–H and O–H groups in total. The Morgan fingerprint density at radius 1 is 0.846 bits per heavy atom. The van der Waals surface area contributed by atoms with Crippen molar-refractivity contribution < 1.29 is 0 Å². The highest BCUT2D eigenvalue weighted by molar-refractivity contribution is 7.25. The number of benzene rings is 1. The minimum atomic E-state index is 1.20. The van der Waals surface area contributed by atoms with Gasteiger partial charge in [-0.25, -0.2) is 0 Å². The molecular formula is C10H6N2S. The standard InChI is InChI=1S/C10H6N2S/c1-2-4-9-7(3-1)8-5-11-12-6-10(8)13-9/h1-6H. The van der Waals surface area contributed by atoms with Crippen molar-refractivity contribution in [2.75, 3.05) is 0 Å². The summed E-state index contributed by atoms with van der Waals surface area (Å²) in [5.74, 6) is 0. The van der Waals surface area contributed by atoms with Gasteiger partial charge in [0.15, 0.2) is 0 Å². The van der Waals surface area contributed by atoms with E-state index in [-0.39, 0.29) is 0 Å². The van der Waals surface area contributed by atoms with Gasteiger partial charge in [-0.3, -0.25) is 0 Å². The van der Waals surface area contributed by atoms with Crippen LogP contribution >= 0.6 is 11.3 Å². The van der Waals surface area contributed by atoms with Crippen LogP contribution in [0.4, 0.5) is 0 Å². The number of rotatable bonds is 0. The molecule has 0 saturated carbocycles. The van der Waals surface area contributed by atoms with E-state index < -0.39 is 0 Å². The van der Waals surface area contributed by atoms with Crippen molar-refractivity contribution in [2.45, 2.75) is 0 Å². The van der Waals surface area contributed by atoms with Gasteiger partial charge >= 0.3 is 0 Å². The largest absolute Gasteiger partial charge is 0.158 e. The molecule has 0 aliphatic carbocycles. The number of thiophene rings is 1. The first-order valence-electron chi connectivity index (χ1n) is 4.03. The first kappa shape index (κ1) is 6.97. The molecule has 0 aliphatic rings. The molecule has 0 bridgehead atoms. The lowest BCUT2D eigenvalue weighted by Gasteiger charge is -1.87. The molecule has 0 aliphatic heterocycles. The molecule has 0 amide bonds. The maximum Gasteiger partial charge on any atom is 0.0675 e. The fourth-order valence-electron chi connectivity index (χ4n) is 1.49. The summed E-state index contributed by atoms with van der Waals surface area (Å²) < 4.78 is 2.50. The molecule has 0 saturated heterocycles. The highest BCUT2D eigenvalue weighted by Crippen LogP contribution is 2.31. The van der Waals surface area contributed by atoms with Crippen molar-refractivity contribution in [3.8, 4) is 0 Å². The van der Waals surface area contributed by atoms with Crippen LogP contribution in [0.15, 0.2) is 36.7 Å². The Morgan fingerprint density at radius 2 is 1.69 bits per heavy atom. The lowest BCUT2D eigenvalue weighted by atomic mass is 10.2. The number of aromatic nitrogens is 2. The highest BCUT2D eigenvalue weighted by Gasteiger charge is 2.02. The van der Waals surface area contributed by atoms with Gasteiger partial charge in [-0.05, 0) is 6.07 Å². The molecule has 3 aromatic rings. The van der Waals surface area contributed by atoms with Crippen molar-refractivity contribution in [3.05, 3.63) is 36.7 Å². The van der Waals surface area contributed by atoms with Crippen molar-refractivity contribution in [3.63, 3.8) is 0 Å². The van der Waals surface area contributed by atoms with Gasteiger partial charge in [0.05, 0.1) is 17.1 Å². The fourth-order valence-corrected chi connectivity index (χ4v) is 2.53. The van der Waals surface area contributed by atoms with Gasteiger partial charge in [-0.2, -0.15) is 10.2 Å². The van der Waals surface area contributed by atoms with Gasteiger partial charge in [-0.1, -0.05) is 18.2 Å². The van der Waals surface area contributed by atoms with E-state index in [2.05, 4.69) is 34.5 Å². The molecule has 2 heterocycles. The zero-order valence-corrected chi connectivity index (χ0v) is 7.58. The zero-order valence-electron chi connectivity index (χ0n) is 6.77. The number of hydrogen-bond donors (Lipinski definition) is 0. The highest BCUT2D eigenvalue weighted by atomic mass is 32.1. The number of hydrogen-bond acceptors (Lipinski definition) is 3.